The van der Waals surface area contributed by atoms with E-state index in [1.807, 2.05) is 0 Å². The molecule has 6 N–H and O–H groups in total. The van der Waals surface area contributed by atoms with E-state index in [0.717, 1.165) is 12.1 Å². The average Bonchev–Trinajstić information content (AvgIpc) is 3.28. The molecule has 0 aliphatic rings. The number of hydrogen-bond donors (Lipinski definition) is 4. The third-order valence-corrected chi connectivity index (χ3v) is 5.27. The number of nitrogens with zero attached hydrogens (tertiary/aromatic N) is 1. The van der Waals surface area contributed by atoms with Crippen molar-refractivity contribution in [2.24, 2.45) is 16.5 Å². The molecule has 12 heteroatoms. The van der Waals surface area contributed by atoms with Crippen molar-refractivity contribution in [1.29, 1.82) is 0 Å². The van der Waals surface area contributed by atoms with E-state index in [0.29, 0.717) is 28.7 Å². The number of halogens is 3. The van der Waals surface area contributed by atoms with E-state index in [2.05, 4.69) is 15.6 Å². The number of amides is 2. The minimum absolute atomic E-state index is 0.0146. The topological polar surface area (TPSA) is 145 Å². The molecule has 0 aliphatic carbocycles. The van der Waals surface area contributed by atoms with Crippen molar-refractivity contribution >= 4 is 28.7 Å². The molecule has 3 rings (SSSR count). The zero-order valence-corrected chi connectivity index (χ0v) is 19.4. The number of ether oxygens (including phenoxy) is 1. The number of benzene rings is 2. The fourth-order valence-electron chi connectivity index (χ4n) is 3.43. The van der Waals surface area contributed by atoms with Crippen molar-refractivity contribution < 1.29 is 31.9 Å². The van der Waals surface area contributed by atoms with Crippen LogP contribution in [0.2, 0.25) is 0 Å². The van der Waals surface area contributed by atoms with Crippen LogP contribution in [0.5, 0.6) is 5.75 Å². The first-order valence-electron chi connectivity index (χ1n) is 10.9. The second kappa shape index (κ2) is 11.5. The first-order valence-corrected chi connectivity index (χ1v) is 10.9. The average molecular weight is 505 g/mol. The second-order valence-corrected chi connectivity index (χ2v) is 7.88. The molecule has 0 aliphatic heterocycles. The van der Waals surface area contributed by atoms with Gasteiger partial charge < -0.3 is 31.3 Å². The molecule has 0 spiro atoms. The number of nitrogens with one attached hydrogen (secondary N) is 2. The number of alkyl halides is 3. The summed E-state index contributed by atoms with van der Waals surface area (Å²) in [7, 11) is 1.48. The molecule has 2 aromatic carbocycles. The molecule has 0 saturated carbocycles. The van der Waals surface area contributed by atoms with Gasteiger partial charge in [-0.25, -0.2) is 0 Å². The lowest BCUT2D eigenvalue weighted by atomic mass is 10.1. The predicted molar refractivity (Wildman–Crippen MR) is 127 cm³/mol. The number of furan rings is 1. The van der Waals surface area contributed by atoms with Gasteiger partial charge in [-0.15, -0.1) is 0 Å². The first kappa shape index (κ1) is 26.4. The predicted octanol–water partition coefficient (Wildman–Crippen LogP) is 2.93. The third kappa shape index (κ3) is 6.90. The number of aliphatic imine (C=N–C) groups is 1. The number of carbonyl (C=O) groups is 2. The summed E-state index contributed by atoms with van der Waals surface area (Å²) in [4.78, 5) is 29.6. The Bertz CT molecular complexity index is 1230. The summed E-state index contributed by atoms with van der Waals surface area (Å²) in [6.45, 7) is 0.210. The van der Waals surface area contributed by atoms with Gasteiger partial charge in [0, 0.05) is 18.5 Å². The number of methoxy groups -OCH3 is 1. The molecule has 1 atom stereocenters. The van der Waals surface area contributed by atoms with Gasteiger partial charge in [0.25, 0.3) is 5.91 Å². The fourth-order valence-corrected chi connectivity index (χ4v) is 3.43. The molecule has 9 nitrogen and oxygen atoms in total. The largest absolute Gasteiger partial charge is 0.493 e. The maximum Gasteiger partial charge on any atom is 0.416 e. The van der Waals surface area contributed by atoms with Crippen LogP contribution >= 0.6 is 0 Å². The molecule has 0 fully saturated rings. The first-order chi connectivity index (χ1) is 17.1. The number of para-hydroxylation sites is 1. The molecule has 3 aromatic rings. The monoisotopic (exact) mass is 505 g/mol. The van der Waals surface area contributed by atoms with Gasteiger partial charge in [-0.3, -0.25) is 14.6 Å². The Morgan fingerprint density at radius 2 is 1.86 bits per heavy atom. The van der Waals surface area contributed by atoms with E-state index in [4.69, 9.17) is 20.6 Å². The quantitative estimate of drug-likeness (QED) is 0.189. The lowest BCUT2D eigenvalue weighted by molar-refractivity contribution is -0.137. The molecule has 2 amide bonds. The SMILES string of the molecule is COc1cccc2cc(C(=O)N[C@H](CCCN=C(N)N)C(=O)NCc3ccc(C(F)(F)F)cc3)oc12. The highest BCUT2D eigenvalue weighted by Crippen LogP contribution is 2.29. The maximum absolute atomic E-state index is 12.9. The van der Waals surface area contributed by atoms with Crippen LogP contribution in [-0.4, -0.2) is 37.5 Å². The number of hydrogen-bond acceptors (Lipinski definition) is 5. The summed E-state index contributed by atoms with van der Waals surface area (Å²) in [5.74, 6) is -0.807. The summed E-state index contributed by atoms with van der Waals surface area (Å²) >= 11 is 0. The second-order valence-electron chi connectivity index (χ2n) is 7.88. The van der Waals surface area contributed by atoms with Crippen LogP contribution in [0.4, 0.5) is 13.2 Å². The van der Waals surface area contributed by atoms with Crippen molar-refractivity contribution in [1.82, 2.24) is 10.6 Å². The van der Waals surface area contributed by atoms with Crippen molar-refractivity contribution in [3.05, 3.63) is 65.4 Å². The normalized spacial score (nSPS) is 12.1. The van der Waals surface area contributed by atoms with Gasteiger partial charge in [-0.05, 0) is 42.7 Å². The molecule has 192 valence electrons. The number of fused-ring (bicyclic) bond motifs is 1. The molecular weight excluding hydrogens is 479 g/mol. The van der Waals surface area contributed by atoms with Crippen LogP contribution in [0.15, 0.2) is 57.9 Å². The minimum Gasteiger partial charge on any atom is -0.493 e. The summed E-state index contributed by atoms with van der Waals surface area (Å²) in [6, 6.07) is 10.2. The van der Waals surface area contributed by atoms with Crippen molar-refractivity contribution in [3.63, 3.8) is 0 Å². The standard InChI is InChI=1S/C24H26F3N5O4/c1-35-18-6-2-4-15-12-19(36-20(15)18)22(34)32-17(5-3-11-30-23(28)29)21(33)31-13-14-7-9-16(10-8-14)24(25,26)27/h2,4,6-10,12,17H,3,5,11,13H2,1H3,(H,31,33)(H,32,34)(H4,28,29,30)/t17-/m1/s1. The van der Waals surface area contributed by atoms with E-state index in [1.165, 1.54) is 25.3 Å². The summed E-state index contributed by atoms with van der Waals surface area (Å²) in [5, 5.41) is 5.93. The molecule has 0 saturated heterocycles. The summed E-state index contributed by atoms with van der Waals surface area (Å²) < 4.78 is 49.2. The Hall–Kier alpha value is -4.22. The number of rotatable bonds is 10. The number of guanidine groups is 1. The lowest BCUT2D eigenvalue weighted by Crippen LogP contribution is -2.46. The Kier molecular flexibility index (Phi) is 8.41. The third-order valence-electron chi connectivity index (χ3n) is 5.27. The molecule has 36 heavy (non-hydrogen) atoms. The van der Waals surface area contributed by atoms with E-state index in [1.54, 1.807) is 18.2 Å². The molecular formula is C24H26F3N5O4. The van der Waals surface area contributed by atoms with Gasteiger partial charge in [0.1, 0.15) is 6.04 Å². The van der Waals surface area contributed by atoms with Crippen LogP contribution in [0, 0.1) is 0 Å². The van der Waals surface area contributed by atoms with E-state index in [-0.39, 0.29) is 31.2 Å². The van der Waals surface area contributed by atoms with Crippen LogP contribution in [0.3, 0.4) is 0 Å². The number of carbonyl (C=O) groups excluding carboxylic acids is 2. The molecule has 1 heterocycles. The zero-order chi connectivity index (χ0) is 26.3. The van der Waals surface area contributed by atoms with E-state index in [9.17, 15) is 22.8 Å². The highest BCUT2D eigenvalue weighted by Gasteiger charge is 2.30. The summed E-state index contributed by atoms with van der Waals surface area (Å²) in [5.41, 5.74) is 10.7. The zero-order valence-electron chi connectivity index (χ0n) is 19.4. The Balaban J connectivity index is 1.70. The van der Waals surface area contributed by atoms with Gasteiger partial charge in [-0.2, -0.15) is 13.2 Å². The van der Waals surface area contributed by atoms with Gasteiger partial charge >= 0.3 is 6.18 Å². The van der Waals surface area contributed by atoms with E-state index < -0.39 is 29.6 Å². The Morgan fingerprint density at radius 3 is 2.50 bits per heavy atom. The minimum atomic E-state index is -4.45. The van der Waals surface area contributed by atoms with Gasteiger partial charge in [0.15, 0.2) is 23.1 Å². The van der Waals surface area contributed by atoms with Crippen LogP contribution in [-0.2, 0) is 17.5 Å². The van der Waals surface area contributed by atoms with Crippen molar-refractivity contribution in [2.75, 3.05) is 13.7 Å². The highest BCUT2D eigenvalue weighted by atomic mass is 19.4. The Labute approximate surface area is 204 Å². The Morgan fingerprint density at radius 1 is 1.14 bits per heavy atom. The molecule has 0 radical (unpaired) electrons. The summed E-state index contributed by atoms with van der Waals surface area (Å²) in [6.07, 6.45) is -3.87. The van der Waals surface area contributed by atoms with Gasteiger partial charge in [0.05, 0.1) is 12.7 Å². The van der Waals surface area contributed by atoms with Crippen molar-refractivity contribution in [2.45, 2.75) is 31.6 Å². The van der Waals surface area contributed by atoms with Crippen LogP contribution < -0.4 is 26.8 Å². The molecule has 1 aromatic heterocycles. The lowest BCUT2D eigenvalue weighted by Gasteiger charge is -2.18. The van der Waals surface area contributed by atoms with Crippen LogP contribution in [0.25, 0.3) is 11.0 Å². The van der Waals surface area contributed by atoms with E-state index >= 15 is 0 Å². The molecule has 0 bridgehead atoms. The maximum atomic E-state index is 12.9. The van der Waals surface area contributed by atoms with Crippen LogP contribution in [0.1, 0.15) is 34.5 Å². The molecule has 0 unspecified atom stereocenters. The van der Waals surface area contributed by atoms with Crippen molar-refractivity contribution in [3.8, 4) is 5.75 Å². The fraction of sp³-hybridized carbons (Fsp3) is 0.292. The smallest absolute Gasteiger partial charge is 0.416 e. The van der Waals surface area contributed by atoms with Gasteiger partial charge in [-0.1, -0.05) is 24.3 Å². The van der Waals surface area contributed by atoms with Gasteiger partial charge in [0.2, 0.25) is 5.91 Å². The number of nitrogens with two attached hydrogens (primary N) is 2. The highest BCUT2D eigenvalue weighted by molar-refractivity contribution is 5.99.